The van der Waals surface area contributed by atoms with Gasteiger partial charge in [-0.25, -0.2) is 4.79 Å². The van der Waals surface area contributed by atoms with E-state index in [-0.39, 0.29) is 11.3 Å². The van der Waals surface area contributed by atoms with E-state index in [1.165, 1.54) is 12.1 Å². The predicted octanol–water partition coefficient (Wildman–Crippen LogP) is 3.64. The Morgan fingerprint density at radius 1 is 1.38 bits per heavy atom. The number of benzene rings is 2. The molecule has 0 heterocycles. The summed E-state index contributed by atoms with van der Waals surface area (Å²) >= 11 is 0. The van der Waals surface area contributed by atoms with Gasteiger partial charge in [0, 0.05) is 11.6 Å². The Hall–Kier alpha value is -3.26. The molecule has 0 aromatic heterocycles. The first-order valence-corrected chi connectivity index (χ1v) is 7.29. The molecule has 0 saturated heterocycles. The minimum atomic E-state index is -1.21. The van der Waals surface area contributed by atoms with Gasteiger partial charge >= 0.3 is 5.97 Å². The number of hydrogen-bond donors (Lipinski definition) is 1. The van der Waals surface area contributed by atoms with Crippen LogP contribution in [0.1, 0.15) is 22.8 Å². The number of carboxylic acids is 1. The predicted molar refractivity (Wildman–Crippen MR) is 89.0 cm³/mol. The summed E-state index contributed by atoms with van der Waals surface area (Å²) in [7, 11) is 0. The van der Waals surface area contributed by atoms with Gasteiger partial charge in [0.1, 0.15) is 24.2 Å². The van der Waals surface area contributed by atoms with Crippen LogP contribution in [0.2, 0.25) is 0 Å². The Balaban J connectivity index is 2.39. The molecule has 0 aliphatic rings. The van der Waals surface area contributed by atoms with E-state index in [1.54, 1.807) is 24.3 Å². The zero-order chi connectivity index (χ0) is 17.5. The second-order valence-corrected chi connectivity index (χ2v) is 5.06. The van der Waals surface area contributed by atoms with Crippen LogP contribution in [0.4, 0.5) is 0 Å². The van der Waals surface area contributed by atoms with Gasteiger partial charge in [-0.2, -0.15) is 5.26 Å². The second kappa shape index (κ2) is 7.84. The summed E-state index contributed by atoms with van der Waals surface area (Å²) in [4.78, 5) is 11.7. The molecule has 0 radical (unpaired) electrons. The largest absolute Gasteiger partial charge is 0.489 e. The molecule has 2 aromatic carbocycles. The molecule has 0 fully saturated rings. The molecular weight excluding hydrogens is 306 g/mol. The van der Waals surface area contributed by atoms with E-state index < -0.39 is 12.1 Å². The fourth-order valence-corrected chi connectivity index (χ4v) is 2.19. The number of nitriles is 1. The Bertz CT molecular complexity index is 792. The van der Waals surface area contributed by atoms with Gasteiger partial charge in [-0.3, -0.25) is 0 Å². The molecule has 0 amide bonds. The number of aryl methyl sites for hydroxylation is 1. The Morgan fingerprint density at radius 2 is 2.12 bits per heavy atom. The van der Waals surface area contributed by atoms with E-state index in [0.29, 0.717) is 17.9 Å². The third-order valence-electron chi connectivity index (χ3n) is 3.38. The Kier molecular flexibility index (Phi) is 5.58. The number of carboxylic acid groups (broad SMARTS) is 1. The standard InChI is InChI=1S/C19H17NO4/c1-3-10-23-15-9-8-14(12-20)17(11-15)24-18(19(21)22)16-7-5-4-6-13(16)2/h3-9,11,18H,1,10H2,2H3,(H,21,22). The highest BCUT2D eigenvalue weighted by molar-refractivity contribution is 5.75. The highest BCUT2D eigenvalue weighted by atomic mass is 16.5. The molecule has 1 atom stereocenters. The van der Waals surface area contributed by atoms with Gasteiger partial charge < -0.3 is 14.6 Å². The molecule has 122 valence electrons. The van der Waals surface area contributed by atoms with Crippen LogP contribution in [-0.4, -0.2) is 17.7 Å². The summed E-state index contributed by atoms with van der Waals surface area (Å²) in [5.41, 5.74) is 1.56. The number of rotatable bonds is 7. The van der Waals surface area contributed by atoms with Crippen molar-refractivity contribution in [3.8, 4) is 17.6 Å². The van der Waals surface area contributed by atoms with Crippen LogP contribution in [0.3, 0.4) is 0 Å². The maximum atomic E-state index is 11.7. The first-order valence-electron chi connectivity index (χ1n) is 7.29. The lowest BCUT2D eigenvalue weighted by atomic mass is 10.0. The lowest BCUT2D eigenvalue weighted by Crippen LogP contribution is -2.19. The SMILES string of the molecule is C=CCOc1ccc(C#N)c(OC(C(=O)O)c2ccccc2C)c1. The Labute approximate surface area is 140 Å². The van der Waals surface area contributed by atoms with Crippen molar-refractivity contribution in [2.75, 3.05) is 6.61 Å². The van der Waals surface area contributed by atoms with Crippen molar-refractivity contribution in [3.63, 3.8) is 0 Å². The molecule has 0 spiro atoms. The van der Waals surface area contributed by atoms with Crippen molar-refractivity contribution < 1.29 is 19.4 Å². The summed E-state index contributed by atoms with van der Waals surface area (Å²) in [6, 6.07) is 13.7. The molecule has 0 aliphatic carbocycles. The quantitative estimate of drug-likeness (QED) is 0.787. The minimum absolute atomic E-state index is 0.162. The van der Waals surface area contributed by atoms with Crippen LogP contribution in [0.5, 0.6) is 11.5 Å². The van der Waals surface area contributed by atoms with E-state index >= 15 is 0 Å². The fraction of sp³-hybridized carbons (Fsp3) is 0.158. The molecule has 1 N–H and O–H groups in total. The fourth-order valence-electron chi connectivity index (χ4n) is 2.19. The molecule has 0 aliphatic heterocycles. The third-order valence-corrected chi connectivity index (χ3v) is 3.38. The van der Waals surface area contributed by atoms with Crippen molar-refractivity contribution in [1.29, 1.82) is 5.26 Å². The third kappa shape index (κ3) is 3.93. The monoisotopic (exact) mass is 323 g/mol. The lowest BCUT2D eigenvalue weighted by molar-refractivity contribution is -0.145. The smallest absolute Gasteiger partial charge is 0.349 e. The summed E-state index contributed by atoms with van der Waals surface area (Å²) < 4.78 is 11.1. The van der Waals surface area contributed by atoms with Gasteiger partial charge in [0.25, 0.3) is 0 Å². The average Bonchev–Trinajstić information content (AvgIpc) is 2.58. The topological polar surface area (TPSA) is 79.5 Å². The van der Waals surface area contributed by atoms with E-state index in [0.717, 1.165) is 5.56 Å². The number of hydrogen-bond acceptors (Lipinski definition) is 4. The second-order valence-electron chi connectivity index (χ2n) is 5.06. The first-order chi connectivity index (χ1) is 11.6. The number of carbonyl (C=O) groups is 1. The summed E-state index contributed by atoms with van der Waals surface area (Å²) in [5, 5.41) is 18.8. The minimum Gasteiger partial charge on any atom is -0.489 e. The highest BCUT2D eigenvalue weighted by Gasteiger charge is 2.24. The molecular formula is C19H17NO4. The van der Waals surface area contributed by atoms with Gasteiger partial charge in [0.2, 0.25) is 6.10 Å². The van der Waals surface area contributed by atoms with Crippen LogP contribution >= 0.6 is 0 Å². The van der Waals surface area contributed by atoms with Crippen LogP contribution in [0, 0.1) is 18.3 Å². The zero-order valence-corrected chi connectivity index (χ0v) is 13.2. The van der Waals surface area contributed by atoms with Crippen molar-refractivity contribution in [2.24, 2.45) is 0 Å². The number of nitrogens with zero attached hydrogens (tertiary/aromatic N) is 1. The van der Waals surface area contributed by atoms with E-state index in [1.807, 2.05) is 25.1 Å². The van der Waals surface area contributed by atoms with Crippen LogP contribution < -0.4 is 9.47 Å². The average molecular weight is 323 g/mol. The van der Waals surface area contributed by atoms with Crippen molar-refractivity contribution in [3.05, 3.63) is 71.8 Å². The van der Waals surface area contributed by atoms with E-state index in [4.69, 9.17) is 9.47 Å². The van der Waals surface area contributed by atoms with Crippen LogP contribution in [0.15, 0.2) is 55.1 Å². The van der Waals surface area contributed by atoms with Gasteiger partial charge in [0.15, 0.2) is 0 Å². The Morgan fingerprint density at radius 3 is 2.75 bits per heavy atom. The molecule has 0 saturated carbocycles. The molecule has 2 aromatic rings. The summed E-state index contributed by atoms with van der Waals surface area (Å²) in [5.74, 6) is -0.502. The van der Waals surface area contributed by atoms with Crippen molar-refractivity contribution >= 4 is 5.97 Å². The molecule has 24 heavy (non-hydrogen) atoms. The maximum Gasteiger partial charge on any atom is 0.349 e. The van der Waals surface area contributed by atoms with Gasteiger partial charge in [-0.1, -0.05) is 36.9 Å². The normalized spacial score (nSPS) is 11.2. The van der Waals surface area contributed by atoms with Gasteiger partial charge in [0.05, 0.1) is 5.56 Å². The van der Waals surface area contributed by atoms with Crippen LogP contribution in [0.25, 0.3) is 0 Å². The molecule has 1 unspecified atom stereocenters. The van der Waals surface area contributed by atoms with Gasteiger partial charge in [-0.15, -0.1) is 0 Å². The van der Waals surface area contributed by atoms with E-state index in [2.05, 4.69) is 6.58 Å². The van der Waals surface area contributed by atoms with Gasteiger partial charge in [-0.05, 0) is 24.6 Å². The molecule has 2 rings (SSSR count). The van der Waals surface area contributed by atoms with Crippen molar-refractivity contribution in [1.82, 2.24) is 0 Å². The van der Waals surface area contributed by atoms with Crippen molar-refractivity contribution in [2.45, 2.75) is 13.0 Å². The first kappa shape index (κ1) is 17.1. The molecule has 0 bridgehead atoms. The van der Waals surface area contributed by atoms with E-state index in [9.17, 15) is 15.2 Å². The number of ether oxygens (including phenoxy) is 2. The summed E-state index contributed by atoms with van der Waals surface area (Å²) in [6.07, 6.45) is 0.375. The molecule has 5 heteroatoms. The molecule has 5 nitrogen and oxygen atoms in total. The number of aliphatic carboxylic acids is 1. The lowest BCUT2D eigenvalue weighted by Gasteiger charge is -2.18. The summed E-state index contributed by atoms with van der Waals surface area (Å²) in [6.45, 7) is 5.67. The zero-order valence-electron chi connectivity index (χ0n) is 13.2. The maximum absolute atomic E-state index is 11.7. The highest BCUT2D eigenvalue weighted by Crippen LogP contribution is 2.30. The van der Waals surface area contributed by atoms with Crippen LogP contribution in [-0.2, 0) is 4.79 Å².